The lowest BCUT2D eigenvalue weighted by Crippen LogP contribution is -2.59. The van der Waals surface area contributed by atoms with Crippen LogP contribution in [0.2, 0.25) is 0 Å². The molecule has 4 heteroatoms. The van der Waals surface area contributed by atoms with Crippen molar-refractivity contribution in [3.8, 4) is 0 Å². The highest BCUT2D eigenvalue weighted by molar-refractivity contribution is 5.81. The molecule has 0 aromatic carbocycles. The molecule has 0 aromatic heterocycles. The molecule has 1 aliphatic rings. The third kappa shape index (κ3) is 2.19. The fourth-order valence-electron chi connectivity index (χ4n) is 1.73. The molecule has 1 saturated heterocycles. The standard InChI is InChI=1S/C9H19N3O/c1-7-5-12(4)8(6-11(7)3)9(13)10-2/h7-8H,5-6H2,1-4H3,(H,10,13)/i2+1,10+1,11+1. The topological polar surface area (TPSA) is 35.6 Å². The highest BCUT2D eigenvalue weighted by atomic mass is 16.2. The number of hydrogen-bond donors (Lipinski definition) is 1. The fraction of sp³-hybridized carbons (Fsp3) is 0.889. The second kappa shape index (κ2) is 4.07. The Bertz CT molecular complexity index is 195. The van der Waals surface area contributed by atoms with Gasteiger partial charge in [0.1, 0.15) is 6.04 Å². The van der Waals surface area contributed by atoms with Gasteiger partial charge in [-0.1, -0.05) is 0 Å². The molecule has 2 unspecified atom stereocenters. The summed E-state index contributed by atoms with van der Waals surface area (Å²) in [5, 5.41) is 2.69. The van der Waals surface area contributed by atoms with Crippen LogP contribution in [0.1, 0.15) is 6.92 Å². The van der Waals surface area contributed by atoms with E-state index in [0.29, 0.717) is 6.04 Å². The van der Waals surface area contributed by atoms with Crippen LogP contribution >= 0.6 is 0 Å². The Balaban J connectivity index is 2.61. The number of carbonyl (C=O) groups excluding carboxylic acids is 1. The first-order valence-electron chi connectivity index (χ1n) is 4.68. The second-order valence-corrected chi connectivity index (χ2v) is 3.86. The van der Waals surface area contributed by atoms with Gasteiger partial charge < -0.3 is 10.2 Å². The molecule has 1 rings (SSSR count). The number of likely N-dealkylation sites (N-methyl/N-ethyl adjacent to an activating group) is 3. The summed E-state index contributed by atoms with van der Waals surface area (Å²) < 4.78 is 0. The third-order valence-corrected chi connectivity index (χ3v) is 2.85. The van der Waals surface area contributed by atoms with Crippen LogP contribution in [0.5, 0.6) is 0 Å². The summed E-state index contributed by atoms with van der Waals surface area (Å²) in [6.07, 6.45) is 0. The van der Waals surface area contributed by atoms with Gasteiger partial charge in [0.15, 0.2) is 0 Å². The fourth-order valence-corrected chi connectivity index (χ4v) is 1.73. The predicted octanol–water partition coefficient (Wildman–Crippen LogP) is -0.633. The van der Waals surface area contributed by atoms with Crippen LogP contribution in [0.25, 0.3) is 0 Å². The van der Waals surface area contributed by atoms with Crippen molar-refractivity contribution in [3.63, 3.8) is 0 Å². The molecule has 1 fully saturated rings. The maximum Gasteiger partial charge on any atom is 0.238 e. The molecule has 1 aliphatic heterocycles. The van der Waals surface area contributed by atoms with E-state index in [1.165, 1.54) is 0 Å². The lowest BCUT2D eigenvalue weighted by molar-refractivity contribution is -0.128. The molecule has 0 aliphatic carbocycles. The van der Waals surface area contributed by atoms with Crippen molar-refractivity contribution in [2.24, 2.45) is 0 Å². The molecule has 0 saturated carbocycles. The molecule has 76 valence electrons. The van der Waals surface area contributed by atoms with E-state index < -0.39 is 0 Å². The molecule has 4 nitrogen and oxygen atoms in total. The van der Waals surface area contributed by atoms with Crippen LogP contribution in [0.15, 0.2) is 0 Å². The van der Waals surface area contributed by atoms with Gasteiger partial charge in [-0.3, -0.25) is 9.69 Å². The molecule has 13 heavy (non-hydrogen) atoms. The third-order valence-electron chi connectivity index (χ3n) is 2.85. The first-order chi connectivity index (χ1) is 6.06. The normalized spacial score (nSPS) is 31.7. The van der Waals surface area contributed by atoms with E-state index >= 15 is 0 Å². The van der Waals surface area contributed by atoms with Crippen molar-refractivity contribution in [2.45, 2.75) is 19.0 Å². The van der Waals surface area contributed by atoms with E-state index in [0.717, 1.165) is 13.1 Å². The van der Waals surface area contributed by atoms with Crippen LogP contribution in [-0.2, 0) is 4.79 Å². The zero-order valence-corrected chi connectivity index (χ0v) is 8.87. The number of nitrogens with zero attached hydrogens (tertiary/aromatic N) is 2. The minimum Gasteiger partial charge on any atom is -0.358 e. The van der Waals surface area contributed by atoms with Crippen LogP contribution < -0.4 is 5.32 Å². The van der Waals surface area contributed by atoms with Gasteiger partial charge in [-0.2, -0.15) is 0 Å². The van der Waals surface area contributed by atoms with Crippen LogP contribution in [-0.4, -0.2) is 62.0 Å². The SMILES string of the molecule is CC1CN(C)C(C(=O)[15NH][13CH3])C[15N]1C. The quantitative estimate of drug-likeness (QED) is 0.439. The Morgan fingerprint density at radius 2 is 1.92 bits per heavy atom. The van der Waals surface area contributed by atoms with E-state index in [1.54, 1.807) is 7.05 Å². The predicted molar refractivity (Wildman–Crippen MR) is 52.6 cm³/mol. The maximum atomic E-state index is 11.5. The van der Waals surface area contributed by atoms with Gasteiger partial charge in [-0.25, -0.2) is 0 Å². The first-order valence-corrected chi connectivity index (χ1v) is 4.68. The summed E-state index contributed by atoms with van der Waals surface area (Å²) in [7, 11) is 5.76. The Morgan fingerprint density at radius 3 is 2.46 bits per heavy atom. The summed E-state index contributed by atoms with van der Waals surface area (Å²) in [6, 6.07) is 0.539. The van der Waals surface area contributed by atoms with E-state index in [2.05, 4.69) is 29.1 Å². The number of amides is 1. The Labute approximate surface area is 79.9 Å². The summed E-state index contributed by atoms with van der Waals surface area (Å²) in [5.74, 6) is 0.112. The minimum absolute atomic E-state index is 0.00574. The summed E-state index contributed by atoms with van der Waals surface area (Å²) in [4.78, 5) is 15.8. The molecule has 0 aromatic rings. The van der Waals surface area contributed by atoms with Crippen molar-refractivity contribution in [2.75, 3.05) is 34.2 Å². The average molecular weight is 188 g/mol. The Kier molecular flexibility index (Phi) is 3.27. The van der Waals surface area contributed by atoms with Crippen LogP contribution in [0.4, 0.5) is 0 Å². The van der Waals surface area contributed by atoms with Crippen LogP contribution in [0, 0.1) is 0 Å². The molecule has 1 amide bonds. The number of hydrogen-bond acceptors (Lipinski definition) is 3. The smallest absolute Gasteiger partial charge is 0.238 e. The van der Waals surface area contributed by atoms with E-state index in [1.807, 2.05) is 7.05 Å². The molecule has 2 atom stereocenters. The largest absolute Gasteiger partial charge is 0.358 e. The number of piperazine rings is 1. The Morgan fingerprint density at radius 1 is 1.31 bits per heavy atom. The zero-order valence-electron chi connectivity index (χ0n) is 8.87. The van der Waals surface area contributed by atoms with Gasteiger partial charge in [-0.05, 0) is 21.0 Å². The Hall–Kier alpha value is -0.610. The van der Waals surface area contributed by atoms with Crippen LogP contribution in [0.3, 0.4) is 0 Å². The average Bonchev–Trinajstić information content (AvgIpc) is 2.10. The lowest BCUT2D eigenvalue weighted by Gasteiger charge is -2.40. The van der Waals surface area contributed by atoms with Crippen molar-refractivity contribution in [3.05, 3.63) is 0 Å². The van der Waals surface area contributed by atoms with Gasteiger partial charge in [0, 0.05) is 26.2 Å². The molecular formula is C9H19N3O. The molecule has 0 bridgehead atoms. The monoisotopic (exact) mass is 188 g/mol. The van der Waals surface area contributed by atoms with Gasteiger partial charge in [0.05, 0.1) is 0 Å². The van der Waals surface area contributed by atoms with E-state index in [-0.39, 0.29) is 11.9 Å². The number of nitrogens with one attached hydrogen (secondary N) is 1. The van der Waals surface area contributed by atoms with Crippen molar-refractivity contribution in [1.82, 2.24) is 15.1 Å². The highest BCUT2D eigenvalue weighted by Crippen LogP contribution is 2.11. The van der Waals surface area contributed by atoms with Gasteiger partial charge in [-0.15, -0.1) is 0 Å². The molecular weight excluding hydrogens is 169 g/mol. The lowest BCUT2D eigenvalue weighted by atomic mass is 10.1. The zero-order chi connectivity index (χ0) is 10.0. The molecule has 1 N–H and O–H groups in total. The van der Waals surface area contributed by atoms with Gasteiger partial charge in [0.25, 0.3) is 0 Å². The minimum atomic E-state index is 0.00574. The molecule has 1 heterocycles. The maximum absolute atomic E-state index is 11.5. The van der Waals surface area contributed by atoms with Crippen molar-refractivity contribution < 1.29 is 4.79 Å². The van der Waals surface area contributed by atoms with Crippen molar-refractivity contribution in [1.29, 1.82) is 0 Å². The number of rotatable bonds is 1. The molecule has 0 spiro atoms. The highest BCUT2D eigenvalue weighted by Gasteiger charge is 2.31. The summed E-state index contributed by atoms with van der Waals surface area (Å²) >= 11 is 0. The van der Waals surface area contributed by atoms with Crippen molar-refractivity contribution >= 4 is 5.91 Å². The number of carbonyl (C=O) groups is 1. The first kappa shape index (κ1) is 10.5. The van der Waals surface area contributed by atoms with E-state index in [9.17, 15) is 4.79 Å². The molecule has 0 radical (unpaired) electrons. The second-order valence-electron chi connectivity index (χ2n) is 3.86. The van der Waals surface area contributed by atoms with Gasteiger partial charge >= 0.3 is 0 Å². The van der Waals surface area contributed by atoms with E-state index in [4.69, 9.17) is 0 Å². The summed E-state index contributed by atoms with van der Waals surface area (Å²) in [6.45, 7) is 3.95. The van der Waals surface area contributed by atoms with Gasteiger partial charge in [0.2, 0.25) is 5.91 Å². The summed E-state index contributed by atoms with van der Waals surface area (Å²) in [5.41, 5.74) is 0.